The largest absolute Gasteiger partial charge is 0.384 e. The Hall–Kier alpha value is -2.07. The van der Waals surface area contributed by atoms with Crippen LogP contribution in [0.1, 0.15) is 24.1 Å². The van der Waals surface area contributed by atoms with Gasteiger partial charge in [-0.15, -0.1) is 0 Å². The molecule has 0 aliphatic heterocycles. The summed E-state index contributed by atoms with van der Waals surface area (Å²) >= 11 is 5.96. The SMILES string of the molecule is CC(c1ccccc1F)N(C)c1ccc(Cl)cc1C(=N)N. The molecule has 0 heterocycles. The van der Waals surface area contributed by atoms with E-state index in [1.54, 1.807) is 36.4 Å². The Balaban J connectivity index is 2.43. The summed E-state index contributed by atoms with van der Waals surface area (Å²) in [5.41, 5.74) is 7.48. The third kappa shape index (κ3) is 3.16. The average Bonchev–Trinajstić information content (AvgIpc) is 2.46. The molecule has 1 unspecified atom stereocenters. The van der Waals surface area contributed by atoms with E-state index in [4.69, 9.17) is 22.7 Å². The molecule has 2 aromatic rings. The second-order valence-electron chi connectivity index (χ2n) is 4.88. The summed E-state index contributed by atoms with van der Waals surface area (Å²) in [7, 11) is 1.84. The van der Waals surface area contributed by atoms with Crippen LogP contribution < -0.4 is 10.6 Å². The van der Waals surface area contributed by atoms with E-state index in [1.807, 2.05) is 18.9 Å². The van der Waals surface area contributed by atoms with Crippen LogP contribution in [0.5, 0.6) is 0 Å². The lowest BCUT2D eigenvalue weighted by Crippen LogP contribution is -2.26. The van der Waals surface area contributed by atoms with Gasteiger partial charge in [-0.2, -0.15) is 0 Å². The number of rotatable bonds is 4. The fraction of sp³-hybridized carbons (Fsp3) is 0.188. The van der Waals surface area contributed by atoms with Crippen molar-refractivity contribution >= 4 is 23.1 Å². The van der Waals surface area contributed by atoms with Crippen molar-refractivity contribution in [1.29, 1.82) is 5.41 Å². The Kier molecular flexibility index (Phi) is 4.48. The molecular formula is C16H17ClFN3. The molecule has 0 saturated heterocycles. The Labute approximate surface area is 128 Å². The molecule has 3 N–H and O–H groups in total. The van der Waals surface area contributed by atoms with Gasteiger partial charge in [0.25, 0.3) is 0 Å². The lowest BCUT2D eigenvalue weighted by molar-refractivity contribution is 0.585. The normalized spacial score (nSPS) is 12.0. The number of nitrogens with zero attached hydrogens (tertiary/aromatic N) is 1. The molecule has 21 heavy (non-hydrogen) atoms. The maximum Gasteiger partial charge on any atom is 0.128 e. The molecule has 2 rings (SSSR count). The number of hydrogen-bond donors (Lipinski definition) is 2. The van der Waals surface area contributed by atoms with Crippen LogP contribution in [0.25, 0.3) is 0 Å². The number of nitrogens with two attached hydrogens (primary N) is 1. The summed E-state index contributed by atoms with van der Waals surface area (Å²) in [6.45, 7) is 1.90. The van der Waals surface area contributed by atoms with E-state index in [9.17, 15) is 4.39 Å². The number of benzene rings is 2. The Morgan fingerprint density at radius 2 is 1.95 bits per heavy atom. The van der Waals surface area contributed by atoms with E-state index in [0.717, 1.165) is 5.69 Å². The van der Waals surface area contributed by atoms with E-state index in [-0.39, 0.29) is 17.7 Å². The van der Waals surface area contributed by atoms with Crippen molar-refractivity contribution in [3.05, 3.63) is 64.4 Å². The van der Waals surface area contributed by atoms with Crippen molar-refractivity contribution in [2.45, 2.75) is 13.0 Å². The number of amidine groups is 1. The van der Waals surface area contributed by atoms with E-state index in [2.05, 4.69) is 0 Å². The van der Waals surface area contributed by atoms with Crippen LogP contribution in [-0.2, 0) is 0 Å². The number of hydrogen-bond acceptors (Lipinski definition) is 2. The van der Waals surface area contributed by atoms with Gasteiger partial charge in [0.05, 0.1) is 6.04 Å². The van der Waals surface area contributed by atoms with Crippen LogP contribution in [0.4, 0.5) is 10.1 Å². The molecular weight excluding hydrogens is 289 g/mol. The molecule has 1 atom stereocenters. The van der Waals surface area contributed by atoms with Crippen LogP contribution in [0, 0.1) is 11.2 Å². The zero-order valence-corrected chi connectivity index (χ0v) is 12.7. The predicted molar refractivity (Wildman–Crippen MR) is 85.7 cm³/mol. The predicted octanol–water partition coefficient (Wildman–Crippen LogP) is 3.96. The first-order valence-corrected chi connectivity index (χ1v) is 6.91. The molecule has 0 saturated carbocycles. The molecule has 0 bridgehead atoms. The van der Waals surface area contributed by atoms with E-state index in [1.165, 1.54) is 6.07 Å². The fourth-order valence-corrected chi connectivity index (χ4v) is 2.43. The highest BCUT2D eigenvalue weighted by molar-refractivity contribution is 6.31. The Morgan fingerprint density at radius 1 is 1.29 bits per heavy atom. The number of anilines is 1. The molecule has 110 valence electrons. The topological polar surface area (TPSA) is 53.1 Å². The number of nitrogens with one attached hydrogen (secondary N) is 1. The zero-order valence-electron chi connectivity index (χ0n) is 11.9. The first-order valence-electron chi connectivity index (χ1n) is 6.53. The van der Waals surface area contributed by atoms with Gasteiger partial charge in [-0.1, -0.05) is 29.8 Å². The highest BCUT2D eigenvalue weighted by Gasteiger charge is 2.19. The third-order valence-corrected chi connectivity index (χ3v) is 3.80. The maximum atomic E-state index is 13.9. The van der Waals surface area contributed by atoms with Crippen molar-refractivity contribution in [1.82, 2.24) is 0 Å². The van der Waals surface area contributed by atoms with Gasteiger partial charge in [-0.25, -0.2) is 4.39 Å². The first-order chi connectivity index (χ1) is 9.91. The monoisotopic (exact) mass is 305 g/mol. The zero-order chi connectivity index (χ0) is 15.6. The molecule has 0 aliphatic carbocycles. The highest BCUT2D eigenvalue weighted by atomic mass is 35.5. The number of nitrogen functional groups attached to an aromatic ring is 1. The van der Waals surface area contributed by atoms with Crippen molar-refractivity contribution in [3.8, 4) is 0 Å². The molecule has 2 aromatic carbocycles. The van der Waals surface area contributed by atoms with Gasteiger partial charge >= 0.3 is 0 Å². The van der Waals surface area contributed by atoms with Gasteiger partial charge in [0, 0.05) is 28.9 Å². The van der Waals surface area contributed by atoms with Gasteiger partial charge in [0.2, 0.25) is 0 Å². The van der Waals surface area contributed by atoms with Gasteiger partial charge in [-0.05, 0) is 31.2 Å². The van der Waals surface area contributed by atoms with E-state index < -0.39 is 0 Å². The average molecular weight is 306 g/mol. The van der Waals surface area contributed by atoms with Crippen LogP contribution in [0.15, 0.2) is 42.5 Å². The summed E-state index contributed by atoms with van der Waals surface area (Å²) < 4.78 is 13.9. The summed E-state index contributed by atoms with van der Waals surface area (Å²) in [4.78, 5) is 1.88. The summed E-state index contributed by atoms with van der Waals surface area (Å²) in [6.07, 6.45) is 0. The lowest BCUT2D eigenvalue weighted by Gasteiger charge is -2.29. The maximum absolute atomic E-state index is 13.9. The van der Waals surface area contributed by atoms with Crippen LogP contribution >= 0.6 is 11.6 Å². The minimum absolute atomic E-state index is 0.0694. The van der Waals surface area contributed by atoms with E-state index in [0.29, 0.717) is 16.1 Å². The minimum atomic E-state index is -0.254. The van der Waals surface area contributed by atoms with Gasteiger partial charge in [0.15, 0.2) is 0 Å². The Morgan fingerprint density at radius 3 is 2.57 bits per heavy atom. The number of halogens is 2. The molecule has 0 aliphatic rings. The third-order valence-electron chi connectivity index (χ3n) is 3.57. The second-order valence-corrected chi connectivity index (χ2v) is 5.32. The molecule has 0 spiro atoms. The Bertz CT molecular complexity index is 672. The summed E-state index contributed by atoms with van der Waals surface area (Å²) in [5, 5.41) is 8.18. The second kappa shape index (κ2) is 6.14. The molecule has 0 aromatic heterocycles. The van der Waals surface area contributed by atoms with E-state index >= 15 is 0 Å². The highest BCUT2D eigenvalue weighted by Crippen LogP contribution is 2.30. The summed E-state index contributed by atoms with van der Waals surface area (Å²) in [6, 6.07) is 11.6. The minimum Gasteiger partial charge on any atom is -0.384 e. The smallest absolute Gasteiger partial charge is 0.128 e. The van der Waals surface area contributed by atoms with Crippen molar-refractivity contribution in [3.63, 3.8) is 0 Å². The van der Waals surface area contributed by atoms with Crippen LogP contribution in [0.2, 0.25) is 5.02 Å². The molecule has 0 amide bonds. The molecule has 3 nitrogen and oxygen atoms in total. The van der Waals surface area contributed by atoms with Crippen LogP contribution in [-0.4, -0.2) is 12.9 Å². The van der Waals surface area contributed by atoms with Crippen molar-refractivity contribution in [2.75, 3.05) is 11.9 Å². The fourth-order valence-electron chi connectivity index (χ4n) is 2.26. The van der Waals surface area contributed by atoms with Crippen molar-refractivity contribution < 1.29 is 4.39 Å². The van der Waals surface area contributed by atoms with Gasteiger partial charge in [0.1, 0.15) is 11.7 Å². The quantitative estimate of drug-likeness (QED) is 0.663. The summed E-state index contributed by atoms with van der Waals surface area (Å²) in [5.74, 6) is -0.324. The van der Waals surface area contributed by atoms with Gasteiger partial charge in [-0.3, -0.25) is 5.41 Å². The molecule has 0 fully saturated rings. The standard InChI is InChI=1S/C16H17ClFN3/c1-10(12-5-3-4-6-14(12)18)21(2)15-8-7-11(17)9-13(15)16(19)20/h3-10H,1-2H3,(H3,19,20). The van der Waals surface area contributed by atoms with Crippen molar-refractivity contribution in [2.24, 2.45) is 5.73 Å². The lowest BCUT2D eigenvalue weighted by atomic mass is 10.0. The van der Waals surface area contributed by atoms with Gasteiger partial charge < -0.3 is 10.6 Å². The van der Waals surface area contributed by atoms with Crippen LogP contribution in [0.3, 0.4) is 0 Å². The molecule has 0 radical (unpaired) electrons. The molecule has 5 heteroatoms. The first kappa shape index (κ1) is 15.3.